The van der Waals surface area contributed by atoms with Crippen LogP contribution in [0, 0.1) is 5.92 Å². The van der Waals surface area contributed by atoms with Gasteiger partial charge in [-0.25, -0.2) is 0 Å². The Labute approximate surface area is 109 Å². The first-order valence-electron chi connectivity index (χ1n) is 7.06. The van der Waals surface area contributed by atoms with Gasteiger partial charge >= 0.3 is 0 Å². The summed E-state index contributed by atoms with van der Waals surface area (Å²) < 4.78 is 5.88. The molecular formula is C16H22O2. The Morgan fingerprint density at radius 3 is 2.67 bits per heavy atom. The van der Waals surface area contributed by atoms with E-state index in [1.165, 1.54) is 32.1 Å². The molecule has 1 saturated carbocycles. The number of rotatable bonds is 5. The van der Waals surface area contributed by atoms with E-state index < -0.39 is 0 Å². The molecule has 1 fully saturated rings. The van der Waals surface area contributed by atoms with Gasteiger partial charge in [-0.2, -0.15) is 0 Å². The highest BCUT2D eigenvalue weighted by Gasteiger charge is 2.16. The fraction of sp³-hybridized carbons (Fsp3) is 0.562. The molecule has 0 atom stereocenters. The Bertz CT molecular complexity index is 392. The van der Waals surface area contributed by atoms with Crippen LogP contribution in [0.15, 0.2) is 24.3 Å². The lowest BCUT2D eigenvalue weighted by Gasteiger charge is -2.22. The quantitative estimate of drug-likeness (QED) is 0.726. The number of carbonyl (C=O) groups excluding carboxylic acids is 1. The van der Waals surface area contributed by atoms with Crippen LogP contribution in [0.2, 0.25) is 0 Å². The van der Waals surface area contributed by atoms with E-state index in [2.05, 4.69) is 0 Å². The fourth-order valence-corrected chi connectivity index (χ4v) is 2.57. The zero-order valence-corrected chi connectivity index (χ0v) is 11.2. The molecule has 0 aliphatic heterocycles. The van der Waals surface area contributed by atoms with Crippen LogP contribution in [0.25, 0.3) is 0 Å². The van der Waals surface area contributed by atoms with Gasteiger partial charge in [0.15, 0.2) is 5.78 Å². The van der Waals surface area contributed by atoms with Crippen molar-refractivity contribution < 1.29 is 9.53 Å². The molecule has 2 nitrogen and oxygen atoms in total. The predicted octanol–water partition coefficient (Wildman–Crippen LogP) is 4.24. The van der Waals surface area contributed by atoms with Gasteiger partial charge in [0, 0.05) is 6.42 Å². The third-order valence-corrected chi connectivity index (χ3v) is 3.71. The minimum absolute atomic E-state index is 0.161. The second kappa shape index (κ2) is 6.58. The van der Waals surface area contributed by atoms with Crippen molar-refractivity contribution in [3.63, 3.8) is 0 Å². The van der Waals surface area contributed by atoms with E-state index >= 15 is 0 Å². The van der Waals surface area contributed by atoms with Crippen molar-refractivity contribution in [1.29, 1.82) is 0 Å². The molecule has 0 radical (unpaired) electrons. The Balaban J connectivity index is 1.97. The lowest BCUT2D eigenvalue weighted by molar-refractivity contribution is 0.0982. The SMILES string of the molecule is CCC(=O)c1ccccc1OCC1CCCCC1. The van der Waals surface area contributed by atoms with Gasteiger partial charge in [-0.3, -0.25) is 4.79 Å². The monoisotopic (exact) mass is 246 g/mol. The number of ether oxygens (including phenoxy) is 1. The summed E-state index contributed by atoms with van der Waals surface area (Å²) in [7, 11) is 0. The van der Waals surface area contributed by atoms with Crippen LogP contribution in [0.4, 0.5) is 0 Å². The number of hydrogen-bond donors (Lipinski definition) is 0. The van der Waals surface area contributed by atoms with Gasteiger partial charge in [0.1, 0.15) is 5.75 Å². The highest BCUT2D eigenvalue weighted by atomic mass is 16.5. The highest BCUT2D eigenvalue weighted by molar-refractivity contribution is 5.98. The summed E-state index contributed by atoms with van der Waals surface area (Å²) in [4.78, 5) is 11.8. The van der Waals surface area contributed by atoms with Gasteiger partial charge in [0.2, 0.25) is 0 Å². The van der Waals surface area contributed by atoms with Gasteiger partial charge in [-0.15, -0.1) is 0 Å². The number of benzene rings is 1. The van der Waals surface area contributed by atoms with Crippen LogP contribution in [-0.2, 0) is 0 Å². The minimum Gasteiger partial charge on any atom is -0.493 e. The topological polar surface area (TPSA) is 26.3 Å². The third kappa shape index (κ3) is 3.34. The van der Waals surface area contributed by atoms with Crippen molar-refractivity contribution in [3.8, 4) is 5.75 Å². The molecule has 0 bridgehead atoms. The van der Waals surface area contributed by atoms with E-state index in [1.807, 2.05) is 31.2 Å². The molecule has 2 heteroatoms. The second-order valence-corrected chi connectivity index (χ2v) is 5.09. The lowest BCUT2D eigenvalue weighted by Crippen LogP contribution is -2.16. The van der Waals surface area contributed by atoms with Crippen LogP contribution >= 0.6 is 0 Å². The first-order valence-corrected chi connectivity index (χ1v) is 7.06. The second-order valence-electron chi connectivity index (χ2n) is 5.09. The Morgan fingerprint density at radius 2 is 1.94 bits per heavy atom. The van der Waals surface area contributed by atoms with E-state index in [0.29, 0.717) is 12.3 Å². The Hall–Kier alpha value is -1.31. The van der Waals surface area contributed by atoms with Crippen LogP contribution in [0.3, 0.4) is 0 Å². The average molecular weight is 246 g/mol. The van der Waals surface area contributed by atoms with Crippen molar-refractivity contribution in [2.24, 2.45) is 5.92 Å². The molecule has 0 saturated heterocycles. The Kier molecular flexibility index (Phi) is 4.80. The van der Waals surface area contributed by atoms with E-state index in [1.54, 1.807) is 0 Å². The van der Waals surface area contributed by atoms with E-state index in [4.69, 9.17) is 4.74 Å². The largest absolute Gasteiger partial charge is 0.493 e. The molecule has 0 N–H and O–H groups in total. The maximum Gasteiger partial charge on any atom is 0.166 e. The van der Waals surface area contributed by atoms with Crippen LogP contribution in [0.1, 0.15) is 55.8 Å². The number of Topliss-reactive ketones (excluding diaryl/α,β-unsaturated/α-hetero) is 1. The number of para-hydroxylation sites is 1. The maximum absolute atomic E-state index is 11.8. The summed E-state index contributed by atoms with van der Waals surface area (Å²) in [6.45, 7) is 2.65. The van der Waals surface area contributed by atoms with Crippen molar-refractivity contribution >= 4 is 5.78 Å². The van der Waals surface area contributed by atoms with Gasteiger partial charge in [0.05, 0.1) is 12.2 Å². The molecule has 2 rings (SSSR count). The van der Waals surface area contributed by atoms with Crippen molar-refractivity contribution in [2.45, 2.75) is 45.4 Å². The average Bonchev–Trinajstić information content (AvgIpc) is 2.45. The summed E-state index contributed by atoms with van der Waals surface area (Å²) >= 11 is 0. The smallest absolute Gasteiger partial charge is 0.166 e. The first-order chi connectivity index (χ1) is 8.81. The normalized spacial score (nSPS) is 16.5. The van der Waals surface area contributed by atoms with Crippen molar-refractivity contribution in [1.82, 2.24) is 0 Å². The third-order valence-electron chi connectivity index (χ3n) is 3.71. The summed E-state index contributed by atoms with van der Waals surface area (Å²) in [6, 6.07) is 7.60. The Morgan fingerprint density at radius 1 is 1.22 bits per heavy atom. The van der Waals surface area contributed by atoms with Crippen molar-refractivity contribution in [3.05, 3.63) is 29.8 Å². The summed E-state index contributed by atoms with van der Waals surface area (Å²) in [6.07, 6.45) is 7.08. The standard InChI is InChI=1S/C16H22O2/c1-2-15(17)14-10-6-7-11-16(14)18-12-13-8-4-3-5-9-13/h6-7,10-11,13H,2-5,8-9,12H2,1H3. The molecule has 0 amide bonds. The van der Waals surface area contributed by atoms with Gasteiger partial charge in [-0.1, -0.05) is 38.3 Å². The fourth-order valence-electron chi connectivity index (χ4n) is 2.57. The number of hydrogen-bond acceptors (Lipinski definition) is 2. The molecule has 1 aromatic rings. The first kappa shape index (κ1) is 13.1. The summed E-state index contributed by atoms with van der Waals surface area (Å²) in [5, 5.41) is 0. The van der Waals surface area contributed by atoms with Gasteiger partial charge in [-0.05, 0) is 30.9 Å². The molecule has 18 heavy (non-hydrogen) atoms. The molecule has 1 aliphatic carbocycles. The van der Waals surface area contributed by atoms with E-state index in [9.17, 15) is 4.79 Å². The minimum atomic E-state index is 0.161. The van der Waals surface area contributed by atoms with Crippen molar-refractivity contribution in [2.75, 3.05) is 6.61 Å². The number of ketones is 1. The van der Waals surface area contributed by atoms with E-state index in [-0.39, 0.29) is 5.78 Å². The molecule has 0 spiro atoms. The van der Waals surface area contributed by atoms with E-state index in [0.717, 1.165) is 17.9 Å². The number of carbonyl (C=O) groups is 1. The maximum atomic E-state index is 11.8. The van der Waals surface area contributed by atoms with Gasteiger partial charge in [0.25, 0.3) is 0 Å². The highest BCUT2D eigenvalue weighted by Crippen LogP contribution is 2.26. The molecule has 0 heterocycles. The summed E-state index contributed by atoms with van der Waals surface area (Å²) in [5.74, 6) is 1.59. The molecule has 1 aliphatic rings. The molecule has 1 aromatic carbocycles. The molecular weight excluding hydrogens is 224 g/mol. The van der Waals surface area contributed by atoms with Crippen LogP contribution in [0.5, 0.6) is 5.75 Å². The zero-order valence-electron chi connectivity index (χ0n) is 11.2. The summed E-state index contributed by atoms with van der Waals surface area (Å²) in [5.41, 5.74) is 0.732. The van der Waals surface area contributed by atoms with Crippen LogP contribution in [-0.4, -0.2) is 12.4 Å². The van der Waals surface area contributed by atoms with Crippen LogP contribution < -0.4 is 4.74 Å². The molecule has 98 valence electrons. The predicted molar refractivity (Wildman–Crippen MR) is 73.1 cm³/mol. The zero-order chi connectivity index (χ0) is 12.8. The molecule has 0 unspecified atom stereocenters. The molecule has 0 aromatic heterocycles. The lowest BCUT2D eigenvalue weighted by atomic mass is 9.90. The van der Waals surface area contributed by atoms with Gasteiger partial charge < -0.3 is 4.74 Å².